The first-order valence-corrected chi connectivity index (χ1v) is 11.9. The van der Waals surface area contributed by atoms with Crippen molar-refractivity contribution in [2.45, 2.75) is 24.4 Å². The van der Waals surface area contributed by atoms with Crippen LogP contribution in [-0.4, -0.2) is 50.0 Å². The topological polar surface area (TPSA) is 41.9 Å². The van der Waals surface area contributed by atoms with Gasteiger partial charge in [-0.1, -0.05) is 66.2 Å². The standard InChI is InChI=1S/C28H32ClNO3/c1-32-26-13-9-24(10-14-26)28(31,16-15-22-5-3-2-4-6-22)27(21-30-17-19-33-20-18-30)23-7-11-25(29)12-8-23/h2-14,27,31H,15-21H2,1H3. The molecule has 2 atom stereocenters. The molecule has 1 aliphatic rings. The van der Waals surface area contributed by atoms with Gasteiger partial charge in [0.05, 0.1) is 25.9 Å². The van der Waals surface area contributed by atoms with Crippen molar-refractivity contribution in [2.24, 2.45) is 0 Å². The average molecular weight is 466 g/mol. The van der Waals surface area contributed by atoms with Gasteiger partial charge in [-0.05, 0) is 53.8 Å². The third-order valence-electron chi connectivity index (χ3n) is 6.62. The van der Waals surface area contributed by atoms with Crippen LogP contribution in [0.15, 0.2) is 78.9 Å². The number of hydrogen-bond donors (Lipinski definition) is 1. The Bertz CT molecular complexity index is 988. The molecule has 0 aromatic heterocycles. The Hall–Kier alpha value is -2.37. The Morgan fingerprint density at radius 2 is 1.64 bits per heavy atom. The Balaban J connectivity index is 1.73. The lowest BCUT2D eigenvalue weighted by atomic mass is 9.73. The van der Waals surface area contributed by atoms with Crippen molar-refractivity contribution in [3.8, 4) is 5.75 Å². The zero-order valence-electron chi connectivity index (χ0n) is 19.1. The fourth-order valence-corrected chi connectivity index (χ4v) is 4.77. The van der Waals surface area contributed by atoms with Crippen LogP contribution in [0.25, 0.3) is 0 Å². The normalized spacial score (nSPS) is 17.3. The lowest BCUT2D eigenvalue weighted by Gasteiger charge is -2.41. The Morgan fingerprint density at radius 1 is 0.970 bits per heavy atom. The van der Waals surface area contributed by atoms with Gasteiger partial charge < -0.3 is 14.6 Å². The van der Waals surface area contributed by atoms with Crippen LogP contribution in [0.1, 0.15) is 29.0 Å². The van der Waals surface area contributed by atoms with Gasteiger partial charge in [0.25, 0.3) is 0 Å². The zero-order chi connectivity index (χ0) is 23.1. The van der Waals surface area contributed by atoms with E-state index in [4.69, 9.17) is 21.1 Å². The summed E-state index contributed by atoms with van der Waals surface area (Å²) in [7, 11) is 1.66. The third kappa shape index (κ3) is 5.96. The van der Waals surface area contributed by atoms with E-state index < -0.39 is 5.60 Å². The minimum atomic E-state index is -1.08. The van der Waals surface area contributed by atoms with Crippen LogP contribution in [0.3, 0.4) is 0 Å². The van der Waals surface area contributed by atoms with Gasteiger partial charge in [-0.25, -0.2) is 0 Å². The number of aliphatic hydroxyl groups is 1. The summed E-state index contributed by atoms with van der Waals surface area (Å²) in [5, 5.41) is 13.2. The Labute approximate surface area is 201 Å². The molecule has 5 heteroatoms. The number of rotatable bonds is 9. The highest BCUT2D eigenvalue weighted by Gasteiger charge is 2.40. The molecule has 0 saturated carbocycles. The van der Waals surface area contributed by atoms with Crippen LogP contribution >= 0.6 is 11.6 Å². The lowest BCUT2D eigenvalue weighted by molar-refractivity contribution is -0.0279. The highest BCUT2D eigenvalue weighted by atomic mass is 35.5. The maximum atomic E-state index is 12.5. The van der Waals surface area contributed by atoms with Crippen molar-refractivity contribution in [3.05, 3.63) is 101 Å². The van der Waals surface area contributed by atoms with Crippen molar-refractivity contribution in [1.29, 1.82) is 0 Å². The van der Waals surface area contributed by atoms with Gasteiger partial charge in [-0.2, -0.15) is 0 Å². The van der Waals surface area contributed by atoms with Crippen molar-refractivity contribution < 1.29 is 14.6 Å². The Morgan fingerprint density at radius 3 is 2.27 bits per heavy atom. The monoisotopic (exact) mass is 465 g/mol. The largest absolute Gasteiger partial charge is 0.497 e. The molecule has 33 heavy (non-hydrogen) atoms. The van der Waals surface area contributed by atoms with E-state index in [0.717, 1.165) is 56.1 Å². The average Bonchev–Trinajstić information content (AvgIpc) is 2.88. The van der Waals surface area contributed by atoms with Crippen molar-refractivity contribution in [1.82, 2.24) is 4.90 Å². The number of morpholine rings is 1. The molecule has 3 aromatic rings. The number of aryl methyl sites for hydroxylation is 1. The second-order valence-corrected chi connectivity index (χ2v) is 9.09. The highest BCUT2D eigenvalue weighted by molar-refractivity contribution is 6.30. The minimum absolute atomic E-state index is 0.134. The minimum Gasteiger partial charge on any atom is -0.497 e. The number of nitrogens with zero attached hydrogens (tertiary/aromatic N) is 1. The van der Waals surface area contributed by atoms with Crippen molar-refractivity contribution in [2.75, 3.05) is 40.0 Å². The lowest BCUT2D eigenvalue weighted by Crippen LogP contribution is -2.45. The second kappa shape index (κ2) is 11.2. The molecule has 3 aromatic carbocycles. The van der Waals surface area contributed by atoms with Crippen LogP contribution in [-0.2, 0) is 16.8 Å². The molecular formula is C28H32ClNO3. The quantitative estimate of drug-likeness (QED) is 0.466. The van der Waals surface area contributed by atoms with Crippen LogP contribution in [0.2, 0.25) is 5.02 Å². The first-order chi connectivity index (χ1) is 16.1. The van der Waals surface area contributed by atoms with Crippen LogP contribution < -0.4 is 4.74 Å². The summed E-state index contributed by atoms with van der Waals surface area (Å²) in [6.45, 7) is 3.90. The molecule has 4 rings (SSSR count). The molecule has 0 amide bonds. The highest BCUT2D eigenvalue weighted by Crippen LogP contribution is 2.42. The smallest absolute Gasteiger partial charge is 0.118 e. The zero-order valence-corrected chi connectivity index (χ0v) is 19.9. The second-order valence-electron chi connectivity index (χ2n) is 8.66. The molecule has 0 aliphatic carbocycles. The van der Waals surface area contributed by atoms with Crippen LogP contribution in [0.5, 0.6) is 5.75 Å². The van der Waals surface area contributed by atoms with Crippen LogP contribution in [0.4, 0.5) is 0 Å². The van der Waals surface area contributed by atoms with E-state index in [0.29, 0.717) is 11.4 Å². The molecule has 1 aliphatic heterocycles. The molecule has 174 valence electrons. The van der Waals surface area contributed by atoms with E-state index in [1.807, 2.05) is 66.7 Å². The molecule has 1 saturated heterocycles. The molecule has 1 fully saturated rings. The third-order valence-corrected chi connectivity index (χ3v) is 6.87. The summed E-state index contributed by atoms with van der Waals surface area (Å²) in [6, 6.07) is 26.1. The SMILES string of the molecule is COc1ccc(C(O)(CCc2ccccc2)C(CN2CCOCC2)c2ccc(Cl)cc2)cc1. The molecular weight excluding hydrogens is 434 g/mol. The fourth-order valence-electron chi connectivity index (χ4n) is 4.65. The summed E-state index contributed by atoms with van der Waals surface area (Å²) in [5.41, 5.74) is 2.12. The number of halogens is 1. The van der Waals surface area contributed by atoms with Gasteiger partial charge in [0.15, 0.2) is 0 Å². The predicted molar refractivity (Wildman–Crippen MR) is 133 cm³/mol. The number of methoxy groups -OCH3 is 1. The van der Waals surface area contributed by atoms with Gasteiger partial charge in [0.1, 0.15) is 5.75 Å². The van der Waals surface area contributed by atoms with E-state index in [-0.39, 0.29) is 5.92 Å². The summed E-state index contributed by atoms with van der Waals surface area (Å²) in [5.74, 6) is 0.644. The maximum Gasteiger partial charge on any atom is 0.118 e. The fraction of sp³-hybridized carbons (Fsp3) is 0.357. The van der Waals surface area contributed by atoms with E-state index in [9.17, 15) is 5.11 Å². The van der Waals surface area contributed by atoms with Crippen molar-refractivity contribution >= 4 is 11.6 Å². The molecule has 0 radical (unpaired) electrons. The van der Waals surface area contributed by atoms with E-state index in [2.05, 4.69) is 17.0 Å². The summed E-state index contributed by atoms with van der Waals surface area (Å²) in [6.07, 6.45) is 1.37. The first-order valence-electron chi connectivity index (χ1n) is 11.5. The number of ether oxygens (including phenoxy) is 2. The molecule has 1 heterocycles. The van der Waals surface area contributed by atoms with Gasteiger partial charge >= 0.3 is 0 Å². The summed E-state index contributed by atoms with van der Waals surface area (Å²) in [4.78, 5) is 2.39. The number of benzene rings is 3. The summed E-state index contributed by atoms with van der Waals surface area (Å²) < 4.78 is 10.9. The van der Waals surface area contributed by atoms with E-state index in [1.54, 1.807) is 7.11 Å². The molecule has 4 nitrogen and oxygen atoms in total. The van der Waals surface area contributed by atoms with Gasteiger partial charge in [-0.3, -0.25) is 4.90 Å². The number of hydrogen-bond acceptors (Lipinski definition) is 4. The van der Waals surface area contributed by atoms with E-state index in [1.165, 1.54) is 5.56 Å². The first kappa shape index (κ1) is 23.8. The van der Waals surface area contributed by atoms with Crippen molar-refractivity contribution in [3.63, 3.8) is 0 Å². The molecule has 0 bridgehead atoms. The van der Waals surface area contributed by atoms with Gasteiger partial charge in [0, 0.05) is 30.6 Å². The summed E-state index contributed by atoms with van der Waals surface area (Å²) >= 11 is 6.21. The maximum absolute atomic E-state index is 12.5. The molecule has 2 unspecified atom stereocenters. The van der Waals surface area contributed by atoms with Gasteiger partial charge in [-0.15, -0.1) is 0 Å². The Kier molecular flexibility index (Phi) is 8.05. The van der Waals surface area contributed by atoms with Gasteiger partial charge in [0.2, 0.25) is 0 Å². The molecule has 1 N–H and O–H groups in total. The van der Waals surface area contributed by atoms with E-state index >= 15 is 0 Å². The predicted octanol–water partition coefficient (Wildman–Crippen LogP) is 5.29. The van der Waals surface area contributed by atoms with Crippen LogP contribution in [0, 0.1) is 0 Å². The molecule has 0 spiro atoms.